The first-order valence-corrected chi connectivity index (χ1v) is 11.0. The molecule has 0 rings (SSSR count). The van der Waals surface area contributed by atoms with Gasteiger partial charge in [-0.05, 0) is 13.3 Å². The number of rotatable bonds is 17. The fraction of sp³-hybridized carbons (Fsp3) is 0.864. The molecule has 1 unspecified atom stereocenters. The SMILES string of the molecule is CCCCCCCCCCCCCCCCCC(=O)OC(=O)C(C)O.O=CO. The molecule has 0 aromatic carbocycles. The van der Waals surface area contributed by atoms with E-state index < -0.39 is 18.0 Å². The molecule has 0 aromatic rings. The number of aliphatic hydroxyl groups excluding tert-OH is 1. The van der Waals surface area contributed by atoms with Gasteiger partial charge in [-0.15, -0.1) is 0 Å². The van der Waals surface area contributed by atoms with E-state index in [9.17, 15) is 9.59 Å². The van der Waals surface area contributed by atoms with Crippen LogP contribution in [0.25, 0.3) is 0 Å². The third-order valence-electron chi connectivity index (χ3n) is 4.54. The van der Waals surface area contributed by atoms with Gasteiger partial charge in [-0.2, -0.15) is 0 Å². The lowest BCUT2D eigenvalue weighted by atomic mass is 10.0. The molecule has 28 heavy (non-hydrogen) atoms. The van der Waals surface area contributed by atoms with Gasteiger partial charge >= 0.3 is 11.9 Å². The molecule has 0 saturated carbocycles. The first-order valence-electron chi connectivity index (χ1n) is 11.0. The standard InChI is InChI=1S/C21H40O4.CH2O2/c1-3-4-5-6-7-8-9-10-11-12-13-14-15-16-17-18-20(23)25-21(24)19(2)22;2-1-3/h19,22H,3-18H2,1-2H3;1H,(H,2,3). The smallest absolute Gasteiger partial charge is 0.342 e. The van der Waals surface area contributed by atoms with Crippen LogP contribution >= 0.6 is 0 Å². The molecule has 0 aliphatic rings. The fourth-order valence-corrected chi connectivity index (χ4v) is 2.89. The molecular formula is C22H42O6. The third kappa shape index (κ3) is 24.6. The molecule has 0 aliphatic carbocycles. The second-order valence-corrected chi connectivity index (χ2v) is 7.27. The molecule has 1 atom stereocenters. The Morgan fingerprint density at radius 1 is 0.786 bits per heavy atom. The minimum absolute atomic E-state index is 0.250. The first-order chi connectivity index (χ1) is 13.5. The Morgan fingerprint density at radius 2 is 1.11 bits per heavy atom. The summed E-state index contributed by atoms with van der Waals surface area (Å²) >= 11 is 0. The highest BCUT2D eigenvalue weighted by Crippen LogP contribution is 2.13. The summed E-state index contributed by atoms with van der Waals surface area (Å²) < 4.78 is 4.50. The predicted octanol–water partition coefficient (Wildman–Crippen LogP) is 5.40. The van der Waals surface area contributed by atoms with E-state index in [2.05, 4.69) is 11.7 Å². The zero-order valence-corrected chi connectivity index (χ0v) is 18.0. The summed E-state index contributed by atoms with van der Waals surface area (Å²) in [5, 5.41) is 15.8. The minimum atomic E-state index is -1.23. The lowest BCUT2D eigenvalue weighted by Crippen LogP contribution is -2.22. The molecule has 2 N–H and O–H groups in total. The van der Waals surface area contributed by atoms with E-state index in [-0.39, 0.29) is 12.9 Å². The van der Waals surface area contributed by atoms with E-state index in [0.717, 1.165) is 19.3 Å². The highest BCUT2D eigenvalue weighted by molar-refractivity contribution is 5.87. The van der Waals surface area contributed by atoms with Crippen molar-refractivity contribution in [1.29, 1.82) is 0 Å². The Morgan fingerprint density at radius 3 is 1.43 bits per heavy atom. The van der Waals surface area contributed by atoms with Crippen LogP contribution in [-0.2, 0) is 19.1 Å². The molecule has 0 heterocycles. The molecular weight excluding hydrogens is 360 g/mol. The van der Waals surface area contributed by atoms with Gasteiger partial charge < -0.3 is 14.9 Å². The molecule has 6 heteroatoms. The highest BCUT2D eigenvalue weighted by atomic mass is 16.6. The fourth-order valence-electron chi connectivity index (χ4n) is 2.89. The van der Waals surface area contributed by atoms with Crippen molar-refractivity contribution in [1.82, 2.24) is 0 Å². The van der Waals surface area contributed by atoms with Crippen LogP contribution in [-0.4, -0.2) is 34.7 Å². The van der Waals surface area contributed by atoms with E-state index in [0.29, 0.717) is 0 Å². The van der Waals surface area contributed by atoms with Crippen LogP contribution in [0.15, 0.2) is 0 Å². The first kappa shape index (κ1) is 28.8. The lowest BCUT2D eigenvalue weighted by Gasteiger charge is -2.05. The normalized spacial score (nSPS) is 11.2. The van der Waals surface area contributed by atoms with Crippen LogP contribution in [0.1, 0.15) is 117 Å². The number of carbonyl (C=O) groups excluding carboxylic acids is 2. The molecule has 0 radical (unpaired) electrons. The van der Waals surface area contributed by atoms with Crippen LogP contribution in [0.5, 0.6) is 0 Å². The lowest BCUT2D eigenvalue weighted by molar-refractivity contribution is -0.165. The second-order valence-electron chi connectivity index (χ2n) is 7.27. The number of carboxylic acid groups (broad SMARTS) is 1. The van der Waals surface area contributed by atoms with Crippen molar-refractivity contribution >= 4 is 18.4 Å². The number of ether oxygens (including phenoxy) is 1. The van der Waals surface area contributed by atoms with Gasteiger partial charge in [-0.1, -0.05) is 96.8 Å². The Labute approximate surface area is 171 Å². The zero-order valence-electron chi connectivity index (χ0n) is 18.0. The topological polar surface area (TPSA) is 101 Å². The van der Waals surface area contributed by atoms with Gasteiger partial charge in [0.05, 0.1) is 0 Å². The summed E-state index contributed by atoms with van der Waals surface area (Å²) in [6, 6.07) is 0. The second kappa shape index (κ2) is 23.6. The van der Waals surface area contributed by atoms with Crippen molar-refractivity contribution < 1.29 is 29.3 Å². The van der Waals surface area contributed by atoms with Crippen LogP contribution in [0, 0.1) is 0 Å². The van der Waals surface area contributed by atoms with Gasteiger partial charge in [0.15, 0.2) is 0 Å². The molecule has 0 aliphatic heterocycles. The van der Waals surface area contributed by atoms with Crippen molar-refractivity contribution in [2.45, 2.75) is 123 Å². The van der Waals surface area contributed by atoms with Crippen LogP contribution in [0.3, 0.4) is 0 Å². The van der Waals surface area contributed by atoms with E-state index in [1.54, 1.807) is 0 Å². The summed E-state index contributed by atoms with van der Waals surface area (Å²) in [6.07, 6.45) is 18.2. The van der Waals surface area contributed by atoms with Gasteiger partial charge in [0, 0.05) is 6.42 Å². The molecule has 0 saturated heterocycles. The van der Waals surface area contributed by atoms with E-state index in [4.69, 9.17) is 15.0 Å². The number of hydrogen-bond donors (Lipinski definition) is 2. The summed E-state index contributed by atoms with van der Waals surface area (Å²) in [5.41, 5.74) is 0. The molecule has 6 nitrogen and oxygen atoms in total. The van der Waals surface area contributed by atoms with Crippen LogP contribution < -0.4 is 0 Å². The Hall–Kier alpha value is -1.43. The average Bonchev–Trinajstić information content (AvgIpc) is 2.65. The molecule has 166 valence electrons. The summed E-state index contributed by atoms with van der Waals surface area (Å²) in [4.78, 5) is 30.7. The zero-order chi connectivity index (χ0) is 21.5. The summed E-state index contributed by atoms with van der Waals surface area (Å²) in [7, 11) is 0. The van der Waals surface area contributed by atoms with Gasteiger partial charge in [0.25, 0.3) is 6.47 Å². The van der Waals surface area contributed by atoms with Gasteiger partial charge in [0.1, 0.15) is 6.10 Å². The Balaban J connectivity index is 0. The largest absolute Gasteiger partial charge is 0.483 e. The van der Waals surface area contributed by atoms with E-state index in [1.807, 2.05) is 0 Å². The molecule has 0 bridgehead atoms. The van der Waals surface area contributed by atoms with Gasteiger partial charge in [0.2, 0.25) is 0 Å². The monoisotopic (exact) mass is 402 g/mol. The maximum absolute atomic E-state index is 11.3. The summed E-state index contributed by atoms with van der Waals surface area (Å²) in [6.45, 7) is 3.30. The number of esters is 2. The van der Waals surface area contributed by atoms with Crippen LogP contribution in [0.2, 0.25) is 0 Å². The van der Waals surface area contributed by atoms with Crippen molar-refractivity contribution in [3.05, 3.63) is 0 Å². The van der Waals surface area contributed by atoms with E-state index >= 15 is 0 Å². The van der Waals surface area contributed by atoms with Crippen LogP contribution in [0.4, 0.5) is 0 Å². The molecule has 0 aromatic heterocycles. The third-order valence-corrected chi connectivity index (χ3v) is 4.54. The molecule has 0 fully saturated rings. The number of aliphatic hydroxyl groups is 1. The maximum atomic E-state index is 11.3. The Bertz CT molecular complexity index is 368. The number of unbranched alkanes of at least 4 members (excludes halogenated alkanes) is 14. The van der Waals surface area contributed by atoms with Crippen molar-refractivity contribution in [3.8, 4) is 0 Å². The van der Waals surface area contributed by atoms with Gasteiger partial charge in [-0.3, -0.25) is 9.59 Å². The highest BCUT2D eigenvalue weighted by Gasteiger charge is 2.14. The predicted molar refractivity (Wildman–Crippen MR) is 111 cm³/mol. The minimum Gasteiger partial charge on any atom is -0.483 e. The molecule has 0 spiro atoms. The van der Waals surface area contributed by atoms with Crippen molar-refractivity contribution in [2.75, 3.05) is 0 Å². The van der Waals surface area contributed by atoms with Gasteiger partial charge in [-0.25, -0.2) is 4.79 Å². The van der Waals surface area contributed by atoms with E-state index in [1.165, 1.54) is 84.0 Å². The summed E-state index contributed by atoms with van der Waals surface area (Å²) in [5.74, 6) is -1.38. The number of hydrogen-bond acceptors (Lipinski definition) is 5. The Kier molecular flexibility index (Phi) is 24.3. The average molecular weight is 403 g/mol. The maximum Gasteiger partial charge on any atom is 0.342 e. The number of carbonyl (C=O) groups is 3. The quantitative estimate of drug-likeness (QED) is 0.146. The van der Waals surface area contributed by atoms with Crippen molar-refractivity contribution in [2.24, 2.45) is 0 Å². The molecule has 0 amide bonds. The van der Waals surface area contributed by atoms with Crippen molar-refractivity contribution in [3.63, 3.8) is 0 Å².